The molecule has 0 amide bonds. The highest BCUT2D eigenvalue weighted by atomic mass is 16.5. The van der Waals surface area contributed by atoms with Crippen LogP contribution >= 0.6 is 0 Å². The summed E-state index contributed by atoms with van der Waals surface area (Å²) in [6, 6.07) is 11.2. The van der Waals surface area contributed by atoms with Gasteiger partial charge in [0.2, 0.25) is 5.75 Å². The maximum absolute atomic E-state index is 12.2. The summed E-state index contributed by atoms with van der Waals surface area (Å²) in [6.45, 7) is 0.00298. The van der Waals surface area contributed by atoms with Crippen LogP contribution in [0.25, 0.3) is 11.6 Å². The number of esters is 1. The maximum atomic E-state index is 12.2. The third kappa shape index (κ3) is 4.17. The smallest absolute Gasteiger partial charge is 0.331 e. The Hall–Kier alpha value is -3.92. The summed E-state index contributed by atoms with van der Waals surface area (Å²) < 4.78 is 23.0. The van der Waals surface area contributed by atoms with Crippen molar-refractivity contribution in [2.45, 2.75) is 6.61 Å². The molecule has 3 rings (SSSR count). The van der Waals surface area contributed by atoms with Gasteiger partial charge in [0.1, 0.15) is 12.7 Å². The first kappa shape index (κ1) is 19.8. The molecule has 0 atom stereocenters. The van der Waals surface area contributed by atoms with Crippen LogP contribution in [0.2, 0.25) is 0 Å². The van der Waals surface area contributed by atoms with E-state index in [0.29, 0.717) is 33.9 Å². The van der Waals surface area contributed by atoms with Gasteiger partial charge in [-0.05, 0) is 35.9 Å². The minimum absolute atomic E-state index is 0.00298. The van der Waals surface area contributed by atoms with Gasteiger partial charge >= 0.3 is 5.97 Å². The van der Waals surface area contributed by atoms with E-state index in [1.54, 1.807) is 24.4 Å². The minimum Gasteiger partial charge on any atom is -0.493 e. The van der Waals surface area contributed by atoms with Gasteiger partial charge in [0, 0.05) is 24.0 Å². The number of hydrogen-bond donors (Lipinski definition) is 0. The molecule has 0 saturated heterocycles. The second-order valence-corrected chi connectivity index (χ2v) is 6.03. The molecule has 0 fully saturated rings. The van der Waals surface area contributed by atoms with E-state index < -0.39 is 5.97 Å². The highest BCUT2D eigenvalue weighted by Crippen LogP contribution is 2.38. The second-order valence-electron chi connectivity index (χ2n) is 6.03. The standard InChI is InChI=1S/C22H20N2O5/c1-26-19-10-15(11-20(27-2)22(19)28-3)7-8-21(25)29-14-16-13-24-9-5-4-6-18(24)17(16)12-23/h4-11,13H,14H2,1-3H3/b8-7+. The summed E-state index contributed by atoms with van der Waals surface area (Å²) in [5, 5.41) is 9.41. The van der Waals surface area contributed by atoms with Gasteiger partial charge in [-0.1, -0.05) is 6.07 Å². The van der Waals surface area contributed by atoms with E-state index in [1.807, 2.05) is 28.8 Å². The molecule has 1 aromatic carbocycles. The molecule has 3 aromatic rings. The Morgan fingerprint density at radius 2 is 1.86 bits per heavy atom. The van der Waals surface area contributed by atoms with Crippen molar-refractivity contribution in [1.29, 1.82) is 5.26 Å². The first-order valence-electron chi connectivity index (χ1n) is 8.74. The van der Waals surface area contributed by atoms with Gasteiger partial charge in [-0.3, -0.25) is 0 Å². The van der Waals surface area contributed by atoms with Crippen LogP contribution in [0, 0.1) is 11.3 Å². The van der Waals surface area contributed by atoms with Crippen molar-refractivity contribution >= 4 is 17.6 Å². The lowest BCUT2D eigenvalue weighted by Gasteiger charge is -2.12. The van der Waals surface area contributed by atoms with Gasteiger partial charge in [-0.15, -0.1) is 0 Å². The number of rotatable bonds is 7. The SMILES string of the molecule is COc1cc(/C=C/C(=O)OCc2cn3ccccc3c2C#N)cc(OC)c1OC. The summed E-state index contributed by atoms with van der Waals surface area (Å²) in [5.41, 5.74) is 2.60. The van der Waals surface area contributed by atoms with Crippen molar-refractivity contribution in [3.8, 4) is 23.3 Å². The van der Waals surface area contributed by atoms with Crippen LogP contribution in [-0.4, -0.2) is 31.7 Å². The average Bonchev–Trinajstić information content (AvgIpc) is 3.12. The first-order chi connectivity index (χ1) is 14.1. The number of pyridine rings is 1. The molecule has 0 aliphatic rings. The fourth-order valence-corrected chi connectivity index (χ4v) is 2.97. The Morgan fingerprint density at radius 1 is 1.14 bits per heavy atom. The molecule has 0 aliphatic heterocycles. The van der Waals surface area contributed by atoms with Crippen molar-refractivity contribution in [2.24, 2.45) is 0 Å². The Bertz CT molecular complexity index is 1080. The number of nitriles is 1. The maximum Gasteiger partial charge on any atom is 0.331 e. The van der Waals surface area contributed by atoms with Crippen LogP contribution in [-0.2, 0) is 16.1 Å². The van der Waals surface area contributed by atoms with Gasteiger partial charge in [-0.2, -0.15) is 5.26 Å². The third-order valence-electron chi connectivity index (χ3n) is 4.34. The van der Waals surface area contributed by atoms with E-state index in [0.717, 1.165) is 5.52 Å². The molecule has 0 saturated carbocycles. The molecule has 29 heavy (non-hydrogen) atoms. The Labute approximate surface area is 168 Å². The van der Waals surface area contributed by atoms with E-state index in [4.69, 9.17) is 18.9 Å². The van der Waals surface area contributed by atoms with E-state index >= 15 is 0 Å². The number of hydrogen-bond acceptors (Lipinski definition) is 6. The zero-order valence-electron chi connectivity index (χ0n) is 16.3. The van der Waals surface area contributed by atoms with E-state index in [1.165, 1.54) is 27.4 Å². The summed E-state index contributed by atoms with van der Waals surface area (Å²) in [7, 11) is 4.56. The fraction of sp³-hybridized carbons (Fsp3) is 0.182. The Kier molecular flexibility index (Phi) is 6.05. The lowest BCUT2D eigenvalue weighted by molar-refractivity contribution is -0.138. The third-order valence-corrected chi connectivity index (χ3v) is 4.34. The molecule has 0 bridgehead atoms. The average molecular weight is 392 g/mol. The predicted octanol–water partition coefficient (Wildman–Crippen LogP) is 3.59. The Morgan fingerprint density at radius 3 is 2.48 bits per heavy atom. The zero-order chi connectivity index (χ0) is 20.8. The molecule has 0 unspecified atom stereocenters. The lowest BCUT2D eigenvalue weighted by Crippen LogP contribution is -2.01. The monoisotopic (exact) mass is 392 g/mol. The van der Waals surface area contributed by atoms with Crippen LogP contribution < -0.4 is 14.2 Å². The van der Waals surface area contributed by atoms with Gasteiger partial charge in [0.15, 0.2) is 11.5 Å². The fourth-order valence-electron chi connectivity index (χ4n) is 2.97. The quantitative estimate of drug-likeness (QED) is 0.451. The van der Waals surface area contributed by atoms with Crippen molar-refractivity contribution in [1.82, 2.24) is 4.40 Å². The van der Waals surface area contributed by atoms with Crippen molar-refractivity contribution in [2.75, 3.05) is 21.3 Å². The molecular weight excluding hydrogens is 372 g/mol. The van der Waals surface area contributed by atoms with Gasteiger partial charge in [0.05, 0.1) is 32.4 Å². The van der Waals surface area contributed by atoms with Crippen LogP contribution in [0.3, 0.4) is 0 Å². The molecule has 148 valence electrons. The summed E-state index contributed by atoms with van der Waals surface area (Å²) in [6.07, 6.45) is 6.52. The van der Waals surface area contributed by atoms with Crippen molar-refractivity contribution < 1.29 is 23.7 Å². The number of aromatic nitrogens is 1. The summed E-state index contributed by atoms with van der Waals surface area (Å²) in [4.78, 5) is 12.2. The highest BCUT2D eigenvalue weighted by Gasteiger charge is 2.13. The number of methoxy groups -OCH3 is 3. The van der Waals surface area contributed by atoms with Crippen LogP contribution in [0.1, 0.15) is 16.7 Å². The molecule has 0 spiro atoms. The minimum atomic E-state index is -0.530. The van der Waals surface area contributed by atoms with Crippen LogP contribution in [0.4, 0.5) is 0 Å². The number of fused-ring (bicyclic) bond motifs is 1. The highest BCUT2D eigenvalue weighted by molar-refractivity contribution is 5.87. The van der Waals surface area contributed by atoms with Crippen molar-refractivity contribution in [3.63, 3.8) is 0 Å². The molecule has 0 aliphatic carbocycles. The summed E-state index contributed by atoms with van der Waals surface area (Å²) in [5.74, 6) is 0.912. The number of nitrogens with zero attached hydrogens (tertiary/aromatic N) is 2. The number of benzene rings is 1. The molecule has 7 nitrogen and oxygen atoms in total. The second kappa shape index (κ2) is 8.85. The first-order valence-corrected chi connectivity index (χ1v) is 8.74. The zero-order valence-corrected chi connectivity index (χ0v) is 16.3. The van der Waals surface area contributed by atoms with Crippen LogP contribution in [0.5, 0.6) is 17.2 Å². The van der Waals surface area contributed by atoms with E-state index in [-0.39, 0.29) is 6.61 Å². The van der Waals surface area contributed by atoms with Gasteiger partial charge in [0.25, 0.3) is 0 Å². The van der Waals surface area contributed by atoms with Gasteiger partial charge < -0.3 is 23.3 Å². The topological polar surface area (TPSA) is 82.2 Å². The van der Waals surface area contributed by atoms with E-state index in [2.05, 4.69) is 6.07 Å². The van der Waals surface area contributed by atoms with Crippen LogP contribution in [0.15, 0.2) is 48.8 Å². The predicted molar refractivity (Wildman–Crippen MR) is 107 cm³/mol. The largest absolute Gasteiger partial charge is 0.493 e. The number of carbonyl (C=O) groups is 1. The summed E-state index contributed by atoms with van der Waals surface area (Å²) >= 11 is 0. The lowest BCUT2D eigenvalue weighted by atomic mass is 10.1. The molecule has 0 N–H and O–H groups in total. The van der Waals surface area contributed by atoms with E-state index in [9.17, 15) is 10.1 Å². The molecule has 0 radical (unpaired) electrons. The molecule has 7 heteroatoms. The Balaban J connectivity index is 1.73. The molecule has 2 heterocycles. The molecular formula is C22H20N2O5. The van der Waals surface area contributed by atoms with Crippen molar-refractivity contribution in [3.05, 3.63) is 65.5 Å². The number of carbonyl (C=O) groups excluding carboxylic acids is 1. The molecule has 2 aromatic heterocycles. The van der Waals surface area contributed by atoms with Gasteiger partial charge in [-0.25, -0.2) is 4.79 Å². The number of ether oxygens (including phenoxy) is 4. The normalized spacial score (nSPS) is 10.7.